The molecule has 3 heteroatoms. The molecule has 2 heterocycles. The molecular weight excluding hydrogens is 236 g/mol. The number of nitrogens with one attached hydrogen (secondary N) is 1. The predicted octanol–water partition coefficient (Wildman–Crippen LogP) is 3.20. The van der Waals surface area contributed by atoms with Gasteiger partial charge in [-0.25, -0.2) is 0 Å². The van der Waals surface area contributed by atoms with Gasteiger partial charge in [0.15, 0.2) is 0 Å². The largest absolute Gasteiger partial charge is 0.497 e. The van der Waals surface area contributed by atoms with Crippen LogP contribution in [0.5, 0.6) is 5.75 Å². The summed E-state index contributed by atoms with van der Waals surface area (Å²) in [6.45, 7) is 1.23. The summed E-state index contributed by atoms with van der Waals surface area (Å²) in [4.78, 5) is 5.87. The van der Waals surface area contributed by atoms with E-state index in [4.69, 9.17) is 4.74 Å². The number of aromatic amines is 1. The average molecular weight is 258 g/mol. The molecule has 2 aromatic rings. The Balaban J connectivity index is 1.87. The van der Waals surface area contributed by atoms with Crippen molar-refractivity contribution in [1.82, 2.24) is 9.88 Å². The standard InChI is InChI=1S/C16H22N2O/c1-18-8-4-3-5-13(18)9-12-11-17-16-7-6-14(19-2)10-15(12)16/h6-7,10-11,13,17H,3-5,8-9H2,1-2H3. The third-order valence-corrected chi connectivity index (χ3v) is 4.35. The Labute approximate surface area is 114 Å². The number of aromatic nitrogens is 1. The number of fused-ring (bicyclic) bond motifs is 1. The van der Waals surface area contributed by atoms with Crippen molar-refractivity contribution in [3.63, 3.8) is 0 Å². The molecule has 1 saturated heterocycles. The van der Waals surface area contributed by atoms with Crippen LogP contribution in [0.1, 0.15) is 24.8 Å². The second-order valence-electron chi connectivity index (χ2n) is 5.56. The summed E-state index contributed by atoms with van der Waals surface area (Å²) in [5.74, 6) is 0.936. The van der Waals surface area contributed by atoms with Crippen LogP contribution < -0.4 is 4.74 Å². The van der Waals surface area contributed by atoms with Gasteiger partial charge in [0.25, 0.3) is 0 Å². The molecule has 0 saturated carbocycles. The van der Waals surface area contributed by atoms with E-state index in [1.807, 2.05) is 6.07 Å². The highest BCUT2D eigenvalue weighted by Gasteiger charge is 2.20. The number of methoxy groups -OCH3 is 1. The van der Waals surface area contributed by atoms with Gasteiger partial charge in [0.2, 0.25) is 0 Å². The van der Waals surface area contributed by atoms with Gasteiger partial charge < -0.3 is 14.6 Å². The molecule has 0 spiro atoms. The zero-order valence-corrected chi connectivity index (χ0v) is 11.8. The van der Waals surface area contributed by atoms with Crippen molar-refractivity contribution in [2.45, 2.75) is 31.7 Å². The molecule has 19 heavy (non-hydrogen) atoms. The third kappa shape index (κ3) is 2.47. The fourth-order valence-corrected chi connectivity index (χ4v) is 3.11. The molecule has 1 atom stereocenters. The minimum atomic E-state index is 0.680. The Hall–Kier alpha value is -1.48. The van der Waals surface area contributed by atoms with E-state index in [1.54, 1.807) is 7.11 Å². The Morgan fingerprint density at radius 2 is 2.26 bits per heavy atom. The number of piperidine rings is 1. The molecule has 0 aliphatic carbocycles. The number of benzene rings is 1. The van der Waals surface area contributed by atoms with E-state index in [0.29, 0.717) is 6.04 Å². The lowest BCUT2D eigenvalue weighted by Gasteiger charge is -2.32. The van der Waals surface area contributed by atoms with Crippen LogP contribution in [0.15, 0.2) is 24.4 Å². The SMILES string of the molecule is COc1ccc2[nH]cc(CC3CCCCN3C)c2c1. The molecule has 0 radical (unpaired) electrons. The lowest BCUT2D eigenvalue weighted by molar-refractivity contribution is 0.185. The zero-order valence-electron chi connectivity index (χ0n) is 11.8. The number of hydrogen-bond acceptors (Lipinski definition) is 2. The number of likely N-dealkylation sites (tertiary alicyclic amines) is 1. The van der Waals surface area contributed by atoms with E-state index in [2.05, 4.69) is 35.3 Å². The summed E-state index contributed by atoms with van der Waals surface area (Å²) in [5, 5.41) is 1.30. The Morgan fingerprint density at radius 1 is 1.37 bits per heavy atom. The molecule has 0 bridgehead atoms. The summed E-state index contributed by atoms with van der Waals surface area (Å²) >= 11 is 0. The Bertz CT molecular complexity index is 561. The van der Waals surface area contributed by atoms with E-state index < -0.39 is 0 Å². The highest BCUT2D eigenvalue weighted by atomic mass is 16.5. The van der Waals surface area contributed by atoms with Crippen molar-refractivity contribution in [3.05, 3.63) is 30.0 Å². The van der Waals surface area contributed by atoms with Crippen LogP contribution in [0.2, 0.25) is 0 Å². The van der Waals surface area contributed by atoms with E-state index in [1.165, 1.54) is 42.3 Å². The van der Waals surface area contributed by atoms with Crippen molar-refractivity contribution in [2.24, 2.45) is 0 Å². The molecular formula is C16H22N2O. The van der Waals surface area contributed by atoms with Gasteiger partial charge in [0.1, 0.15) is 5.75 Å². The first kappa shape index (κ1) is 12.5. The van der Waals surface area contributed by atoms with E-state index >= 15 is 0 Å². The van der Waals surface area contributed by atoms with Gasteiger partial charge in [-0.3, -0.25) is 0 Å². The second kappa shape index (κ2) is 5.25. The fourth-order valence-electron chi connectivity index (χ4n) is 3.11. The first-order valence-electron chi connectivity index (χ1n) is 7.12. The molecule has 3 nitrogen and oxygen atoms in total. The summed E-state index contributed by atoms with van der Waals surface area (Å²) in [6, 6.07) is 6.93. The molecule has 1 fully saturated rings. The minimum absolute atomic E-state index is 0.680. The van der Waals surface area contributed by atoms with Gasteiger partial charge in [-0.05, 0) is 56.6 Å². The number of ether oxygens (including phenoxy) is 1. The van der Waals surface area contributed by atoms with Gasteiger partial charge in [0, 0.05) is 23.1 Å². The number of likely N-dealkylation sites (N-methyl/N-ethyl adjacent to an activating group) is 1. The molecule has 1 aliphatic rings. The maximum Gasteiger partial charge on any atom is 0.119 e. The average Bonchev–Trinajstić information content (AvgIpc) is 2.84. The topological polar surface area (TPSA) is 28.3 Å². The van der Waals surface area contributed by atoms with E-state index in [-0.39, 0.29) is 0 Å². The van der Waals surface area contributed by atoms with Crippen LogP contribution in [0.3, 0.4) is 0 Å². The summed E-state index contributed by atoms with van der Waals surface area (Å²) < 4.78 is 5.33. The number of hydrogen-bond donors (Lipinski definition) is 1. The molecule has 1 unspecified atom stereocenters. The molecule has 3 rings (SSSR count). The van der Waals surface area contributed by atoms with Gasteiger partial charge >= 0.3 is 0 Å². The summed E-state index contributed by atoms with van der Waals surface area (Å²) in [5.41, 5.74) is 2.61. The van der Waals surface area contributed by atoms with Crippen LogP contribution in [0.4, 0.5) is 0 Å². The van der Waals surface area contributed by atoms with Crippen molar-refractivity contribution < 1.29 is 4.74 Å². The molecule has 1 aliphatic heterocycles. The first-order valence-corrected chi connectivity index (χ1v) is 7.12. The molecule has 102 valence electrons. The van der Waals surface area contributed by atoms with Crippen molar-refractivity contribution in [2.75, 3.05) is 20.7 Å². The van der Waals surface area contributed by atoms with Gasteiger partial charge in [-0.15, -0.1) is 0 Å². The molecule has 0 amide bonds. The van der Waals surface area contributed by atoms with Gasteiger partial charge in [-0.2, -0.15) is 0 Å². The maximum absolute atomic E-state index is 5.33. The molecule has 1 N–H and O–H groups in total. The maximum atomic E-state index is 5.33. The Morgan fingerprint density at radius 3 is 3.05 bits per heavy atom. The normalized spacial score (nSPS) is 20.8. The van der Waals surface area contributed by atoms with Gasteiger partial charge in [0.05, 0.1) is 7.11 Å². The lowest BCUT2D eigenvalue weighted by Crippen LogP contribution is -2.37. The van der Waals surface area contributed by atoms with Crippen molar-refractivity contribution in [1.29, 1.82) is 0 Å². The minimum Gasteiger partial charge on any atom is -0.497 e. The van der Waals surface area contributed by atoms with Crippen LogP contribution >= 0.6 is 0 Å². The fraction of sp³-hybridized carbons (Fsp3) is 0.500. The summed E-state index contributed by atoms with van der Waals surface area (Å²) in [7, 11) is 3.97. The van der Waals surface area contributed by atoms with E-state index in [0.717, 1.165) is 12.2 Å². The van der Waals surface area contributed by atoms with Gasteiger partial charge in [-0.1, -0.05) is 6.42 Å². The zero-order chi connectivity index (χ0) is 13.2. The lowest BCUT2D eigenvalue weighted by atomic mass is 9.96. The monoisotopic (exact) mass is 258 g/mol. The number of rotatable bonds is 3. The first-order chi connectivity index (χ1) is 9.28. The van der Waals surface area contributed by atoms with E-state index in [9.17, 15) is 0 Å². The molecule has 1 aromatic carbocycles. The highest BCUT2D eigenvalue weighted by molar-refractivity contribution is 5.84. The third-order valence-electron chi connectivity index (χ3n) is 4.35. The van der Waals surface area contributed by atoms with Crippen LogP contribution in [0.25, 0.3) is 10.9 Å². The van der Waals surface area contributed by atoms with Crippen LogP contribution in [0, 0.1) is 0 Å². The number of H-pyrrole nitrogens is 1. The second-order valence-corrected chi connectivity index (χ2v) is 5.56. The van der Waals surface area contributed by atoms with Crippen LogP contribution in [-0.4, -0.2) is 36.6 Å². The molecule has 1 aromatic heterocycles. The highest BCUT2D eigenvalue weighted by Crippen LogP contribution is 2.27. The number of nitrogens with zero attached hydrogens (tertiary/aromatic N) is 1. The van der Waals surface area contributed by atoms with Crippen LogP contribution in [-0.2, 0) is 6.42 Å². The quantitative estimate of drug-likeness (QED) is 0.915. The summed E-state index contributed by atoms with van der Waals surface area (Å²) in [6.07, 6.45) is 7.30. The smallest absolute Gasteiger partial charge is 0.119 e. The van der Waals surface area contributed by atoms with Crippen molar-refractivity contribution in [3.8, 4) is 5.75 Å². The Kier molecular flexibility index (Phi) is 3.47. The predicted molar refractivity (Wildman–Crippen MR) is 78.8 cm³/mol. The van der Waals surface area contributed by atoms with Crippen molar-refractivity contribution >= 4 is 10.9 Å².